The van der Waals surface area contributed by atoms with Gasteiger partial charge in [-0.15, -0.1) is 0 Å². The van der Waals surface area contributed by atoms with E-state index >= 15 is 0 Å². The van der Waals surface area contributed by atoms with E-state index in [4.69, 9.17) is 5.73 Å². The van der Waals surface area contributed by atoms with E-state index in [0.29, 0.717) is 6.54 Å². The number of anilines is 1. The molecule has 0 spiro atoms. The molecule has 0 aliphatic heterocycles. The Morgan fingerprint density at radius 2 is 2.18 bits per heavy atom. The molecule has 0 unspecified atom stereocenters. The maximum Gasteiger partial charge on any atom is 0.149 e. The fourth-order valence-corrected chi connectivity index (χ4v) is 1.95. The summed E-state index contributed by atoms with van der Waals surface area (Å²) < 4.78 is 22.2. The number of sulfone groups is 1. The highest BCUT2D eigenvalue weighted by atomic mass is 32.2. The van der Waals surface area contributed by atoms with Gasteiger partial charge in [0.1, 0.15) is 15.7 Å². The normalized spacial score (nSPS) is 13.4. The van der Waals surface area contributed by atoms with Crippen molar-refractivity contribution < 1.29 is 8.42 Å². The summed E-state index contributed by atoms with van der Waals surface area (Å²) in [5.41, 5.74) is 6.77. The second-order valence-corrected chi connectivity index (χ2v) is 6.55. The Morgan fingerprint density at radius 1 is 1.53 bits per heavy atom. The summed E-state index contributed by atoms with van der Waals surface area (Å²) in [4.78, 5) is 6.01. The number of nitrogens with two attached hydrogens (primary N) is 1. The van der Waals surface area contributed by atoms with E-state index in [0.717, 1.165) is 11.4 Å². The summed E-state index contributed by atoms with van der Waals surface area (Å²) in [6, 6.07) is 3.69. The monoisotopic (exact) mass is 257 g/mol. The minimum Gasteiger partial charge on any atom is -0.359 e. The molecule has 6 heteroatoms. The van der Waals surface area contributed by atoms with E-state index < -0.39 is 9.84 Å². The van der Waals surface area contributed by atoms with E-state index in [1.54, 1.807) is 6.20 Å². The lowest BCUT2D eigenvalue weighted by atomic mass is 10.1. The highest BCUT2D eigenvalue weighted by Gasteiger charge is 2.08. The van der Waals surface area contributed by atoms with Gasteiger partial charge in [-0.2, -0.15) is 0 Å². The molecule has 0 saturated carbocycles. The van der Waals surface area contributed by atoms with Crippen LogP contribution in [0.15, 0.2) is 18.3 Å². The third kappa shape index (κ3) is 4.70. The zero-order valence-electron chi connectivity index (χ0n) is 10.4. The van der Waals surface area contributed by atoms with Crippen molar-refractivity contribution in [1.82, 2.24) is 4.98 Å². The van der Waals surface area contributed by atoms with Gasteiger partial charge in [-0.05, 0) is 24.6 Å². The molecule has 17 heavy (non-hydrogen) atoms. The van der Waals surface area contributed by atoms with Gasteiger partial charge in [-0.25, -0.2) is 13.4 Å². The molecule has 0 aromatic carbocycles. The van der Waals surface area contributed by atoms with Crippen LogP contribution < -0.4 is 10.6 Å². The van der Waals surface area contributed by atoms with Crippen LogP contribution in [0.3, 0.4) is 0 Å². The predicted octanol–water partition coefficient (Wildman–Crippen LogP) is 0.582. The van der Waals surface area contributed by atoms with E-state index in [9.17, 15) is 8.42 Å². The molecule has 1 heterocycles. The molecular formula is C11H19N3O2S. The van der Waals surface area contributed by atoms with E-state index in [1.165, 1.54) is 6.26 Å². The Hall–Kier alpha value is -1.14. The van der Waals surface area contributed by atoms with Crippen LogP contribution in [0.1, 0.15) is 18.5 Å². The lowest BCUT2D eigenvalue weighted by Crippen LogP contribution is -2.25. The molecular weight excluding hydrogens is 238 g/mol. The van der Waals surface area contributed by atoms with Gasteiger partial charge < -0.3 is 10.6 Å². The van der Waals surface area contributed by atoms with E-state index in [1.807, 2.05) is 31.0 Å². The molecule has 1 atom stereocenters. The summed E-state index contributed by atoms with van der Waals surface area (Å²) in [5.74, 6) is 0.858. The smallest absolute Gasteiger partial charge is 0.149 e. The molecule has 2 N–H and O–H groups in total. The molecule has 0 bridgehead atoms. The van der Waals surface area contributed by atoms with Gasteiger partial charge in [0.2, 0.25) is 0 Å². The summed E-state index contributed by atoms with van der Waals surface area (Å²) in [5, 5.41) is 0. The Morgan fingerprint density at radius 3 is 2.71 bits per heavy atom. The average molecular weight is 257 g/mol. The zero-order valence-corrected chi connectivity index (χ0v) is 11.2. The van der Waals surface area contributed by atoms with Gasteiger partial charge in [-0.3, -0.25) is 0 Å². The molecule has 1 aromatic heterocycles. The van der Waals surface area contributed by atoms with Crippen LogP contribution in [0, 0.1) is 0 Å². The molecule has 96 valence electrons. The van der Waals surface area contributed by atoms with Crippen molar-refractivity contribution in [3.63, 3.8) is 0 Å². The second-order valence-electron chi connectivity index (χ2n) is 4.29. The fraction of sp³-hybridized carbons (Fsp3) is 0.545. The number of rotatable bonds is 5. The average Bonchev–Trinajstić information content (AvgIpc) is 2.25. The third-order valence-corrected chi connectivity index (χ3v) is 3.41. The SMILES string of the molecule is C[C@H](N)c1ccnc(N(C)CCS(C)(=O)=O)c1. The van der Waals surface area contributed by atoms with Gasteiger partial charge in [0, 0.05) is 32.1 Å². The van der Waals surface area contributed by atoms with Crippen molar-refractivity contribution in [3.8, 4) is 0 Å². The standard InChI is InChI=1S/C11H19N3O2S/c1-9(12)10-4-5-13-11(8-10)14(2)6-7-17(3,15)16/h4-5,8-9H,6-7,12H2,1-3H3/t9-/m0/s1. The number of aromatic nitrogens is 1. The summed E-state index contributed by atoms with van der Waals surface area (Å²) in [6.45, 7) is 2.32. The number of hydrogen-bond acceptors (Lipinski definition) is 5. The number of nitrogens with zero attached hydrogens (tertiary/aromatic N) is 2. The molecule has 0 aliphatic rings. The maximum absolute atomic E-state index is 11.1. The van der Waals surface area contributed by atoms with Crippen LogP contribution in [0.5, 0.6) is 0 Å². The molecule has 0 radical (unpaired) electrons. The lowest BCUT2D eigenvalue weighted by Gasteiger charge is -2.18. The van der Waals surface area contributed by atoms with Gasteiger partial charge >= 0.3 is 0 Å². The van der Waals surface area contributed by atoms with Gasteiger partial charge in [0.15, 0.2) is 0 Å². The van der Waals surface area contributed by atoms with Crippen LogP contribution in [-0.4, -0.2) is 39.0 Å². The summed E-state index contributed by atoms with van der Waals surface area (Å²) in [6.07, 6.45) is 2.91. The fourth-order valence-electron chi connectivity index (χ4n) is 1.34. The first-order chi connectivity index (χ1) is 7.79. The highest BCUT2D eigenvalue weighted by Crippen LogP contribution is 2.15. The van der Waals surface area contributed by atoms with Crippen LogP contribution in [0.25, 0.3) is 0 Å². The van der Waals surface area contributed by atoms with E-state index in [2.05, 4.69) is 4.98 Å². The Labute approximate surface area is 103 Å². The van der Waals surface area contributed by atoms with Crippen LogP contribution in [0.2, 0.25) is 0 Å². The lowest BCUT2D eigenvalue weighted by molar-refractivity contribution is 0.601. The van der Waals surface area contributed by atoms with E-state index in [-0.39, 0.29) is 11.8 Å². The Kier molecular flexibility index (Phi) is 4.47. The summed E-state index contributed by atoms with van der Waals surface area (Å²) >= 11 is 0. The van der Waals surface area contributed by atoms with Crippen molar-refractivity contribution >= 4 is 15.7 Å². The Balaban J connectivity index is 2.75. The van der Waals surface area contributed by atoms with Crippen molar-refractivity contribution in [1.29, 1.82) is 0 Å². The largest absolute Gasteiger partial charge is 0.359 e. The van der Waals surface area contributed by atoms with Gasteiger partial charge in [0.05, 0.1) is 5.75 Å². The first-order valence-electron chi connectivity index (χ1n) is 5.40. The molecule has 0 fully saturated rings. The minimum atomic E-state index is -2.95. The van der Waals surface area contributed by atoms with Crippen LogP contribution >= 0.6 is 0 Å². The first-order valence-corrected chi connectivity index (χ1v) is 7.46. The van der Waals surface area contributed by atoms with Crippen molar-refractivity contribution in [2.24, 2.45) is 5.73 Å². The molecule has 0 saturated heterocycles. The molecule has 0 aliphatic carbocycles. The summed E-state index contributed by atoms with van der Waals surface area (Å²) in [7, 11) is -1.13. The molecule has 1 aromatic rings. The van der Waals surface area contributed by atoms with Crippen molar-refractivity contribution in [2.75, 3.05) is 30.5 Å². The molecule has 1 rings (SSSR count). The highest BCUT2D eigenvalue weighted by molar-refractivity contribution is 7.90. The van der Waals surface area contributed by atoms with Crippen LogP contribution in [0.4, 0.5) is 5.82 Å². The van der Waals surface area contributed by atoms with Crippen molar-refractivity contribution in [3.05, 3.63) is 23.9 Å². The topological polar surface area (TPSA) is 76.3 Å². The predicted molar refractivity (Wildman–Crippen MR) is 69.8 cm³/mol. The third-order valence-electron chi connectivity index (χ3n) is 2.48. The Bertz CT molecular complexity index is 471. The van der Waals surface area contributed by atoms with Crippen molar-refractivity contribution in [2.45, 2.75) is 13.0 Å². The number of hydrogen-bond donors (Lipinski definition) is 1. The first kappa shape index (κ1) is 13.9. The quantitative estimate of drug-likeness (QED) is 0.835. The minimum absolute atomic E-state index is 0.0555. The number of pyridine rings is 1. The molecule has 5 nitrogen and oxygen atoms in total. The van der Waals surface area contributed by atoms with Gasteiger partial charge in [-0.1, -0.05) is 0 Å². The van der Waals surface area contributed by atoms with Crippen LogP contribution in [-0.2, 0) is 9.84 Å². The molecule has 0 amide bonds. The zero-order chi connectivity index (χ0) is 13.1. The maximum atomic E-state index is 11.1. The van der Waals surface area contributed by atoms with Gasteiger partial charge in [0.25, 0.3) is 0 Å². The second kappa shape index (κ2) is 5.46.